The van der Waals surface area contributed by atoms with Crippen LogP contribution in [0.15, 0.2) is 65.8 Å². The summed E-state index contributed by atoms with van der Waals surface area (Å²) in [5, 5.41) is 23.4. The molecule has 0 fully saturated rings. The summed E-state index contributed by atoms with van der Waals surface area (Å²) in [6.45, 7) is 6.14. The molecule has 0 radical (unpaired) electrons. The van der Waals surface area contributed by atoms with Gasteiger partial charge in [0, 0.05) is 20.2 Å². The molecule has 1 atom stereocenters. The zero-order valence-corrected chi connectivity index (χ0v) is 25.1. The van der Waals surface area contributed by atoms with Gasteiger partial charge in [0.15, 0.2) is 5.96 Å². The van der Waals surface area contributed by atoms with Crippen molar-refractivity contribution >= 4 is 23.9 Å². The van der Waals surface area contributed by atoms with Crippen molar-refractivity contribution in [3.8, 4) is 0 Å². The van der Waals surface area contributed by atoms with Crippen LogP contribution in [0.4, 0.5) is 0 Å². The second kappa shape index (κ2) is 29.9. The number of carboxylic acids is 2. The van der Waals surface area contributed by atoms with Gasteiger partial charge in [-0.05, 0) is 25.2 Å². The van der Waals surface area contributed by atoms with Gasteiger partial charge in [0.1, 0.15) is 6.04 Å². The maximum atomic E-state index is 10.2. The Hall–Kier alpha value is -3.66. The Balaban J connectivity index is -0.000000623. The second-order valence-corrected chi connectivity index (χ2v) is 9.51. The summed E-state index contributed by atoms with van der Waals surface area (Å²) in [5.41, 5.74) is 15.4. The SMILES string of the molecule is CC(C)C[C@H](N)C(=O)O.CCCCCCCCC/C=C/C=C/C=C/C=C/C=C/C(=O)O.CN(C)C(N)=NC(=N)N. The van der Waals surface area contributed by atoms with E-state index < -0.39 is 18.0 Å². The molecule has 0 bridgehead atoms. The predicted molar refractivity (Wildman–Crippen MR) is 168 cm³/mol. The molecule has 0 spiro atoms. The number of nitrogens with zero attached hydrogens (tertiary/aromatic N) is 2. The lowest BCUT2D eigenvalue weighted by Gasteiger charge is -2.08. The molecular weight excluding hydrogens is 508 g/mol. The molecule has 0 aromatic rings. The average Bonchev–Trinajstić information content (AvgIpc) is 2.85. The van der Waals surface area contributed by atoms with Crippen molar-refractivity contribution < 1.29 is 19.8 Å². The molecule has 228 valence electrons. The Labute approximate surface area is 241 Å². The average molecular weight is 563 g/mol. The lowest BCUT2D eigenvalue weighted by molar-refractivity contribution is -0.139. The third-order valence-electron chi connectivity index (χ3n) is 4.86. The van der Waals surface area contributed by atoms with Crippen molar-refractivity contribution in [3.63, 3.8) is 0 Å². The zero-order valence-electron chi connectivity index (χ0n) is 25.1. The highest BCUT2D eigenvalue weighted by atomic mass is 16.4. The Morgan fingerprint density at radius 3 is 1.70 bits per heavy atom. The first-order valence-electron chi connectivity index (χ1n) is 13.7. The zero-order chi connectivity index (χ0) is 31.2. The summed E-state index contributed by atoms with van der Waals surface area (Å²) in [7, 11) is 3.45. The van der Waals surface area contributed by atoms with Crippen molar-refractivity contribution in [1.29, 1.82) is 5.41 Å². The Bertz CT molecular complexity index is 843. The minimum atomic E-state index is -0.931. The van der Waals surface area contributed by atoms with E-state index in [1.807, 2.05) is 38.2 Å². The van der Waals surface area contributed by atoms with Gasteiger partial charge in [0.25, 0.3) is 0 Å². The number of nitrogens with one attached hydrogen (secondary N) is 1. The molecule has 10 nitrogen and oxygen atoms in total. The molecule has 0 unspecified atom stereocenters. The van der Waals surface area contributed by atoms with Gasteiger partial charge in [0.05, 0.1) is 0 Å². The van der Waals surface area contributed by atoms with Crippen molar-refractivity contribution in [3.05, 3.63) is 60.8 Å². The van der Waals surface area contributed by atoms with Crippen LogP contribution in [0, 0.1) is 11.3 Å². The number of guanidine groups is 2. The van der Waals surface area contributed by atoms with Gasteiger partial charge in [0.2, 0.25) is 5.96 Å². The van der Waals surface area contributed by atoms with E-state index in [0.717, 1.165) is 12.5 Å². The number of rotatable bonds is 16. The fourth-order valence-corrected chi connectivity index (χ4v) is 2.75. The molecule has 0 aromatic heterocycles. The van der Waals surface area contributed by atoms with Gasteiger partial charge in [-0.15, -0.1) is 0 Å². The highest BCUT2D eigenvalue weighted by Crippen LogP contribution is 2.08. The molecule has 0 aliphatic heterocycles. The third-order valence-corrected chi connectivity index (χ3v) is 4.86. The highest BCUT2D eigenvalue weighted by Gasteiger charge is 2.11. The number of carboxylic acid groups (broad SMARTS) is 2. The van der Waals surface area contributed by atoms with Crippen LogP contribution in [0.2, 0.25) is 0 Å². The van der Waals surface area contributed by atoms with Gasteiger partial charge in [-0.2, -0.15) is 4.99 Å². The number of hydrogen-bond acceptors (Lipinski definition) is 4. The molecule has 0 aromatic carbocycles. The molecule has 0 saturated carbocycles. The number of hydrogen-bond donors (Lipinski definition) is 6. The predicted octanol–water partition coefficient (Wildman–Crippen LogP) is 5.19. The van der Waals surface area contributed by atoms with E-state index >= 15 is 0 Å². The summed E-state index contributed by atoms with van der Waals surface area (Å²) in [6.07, 6.45) is 29.3. The van der Waals surface area contributed by atoms with E-state index in [0.29, 0.717) is 12.3 Å². The Kier molecular flexibility index (Phi) is 30.5. The summed E-state index contributed by atoms with van der Waals surface area (Å²) in [4.78, 5) is 25.3. The fraction of sp³-hybridized carbons (Fsp3) is 0.533. The van der Waals surface area contributed by atoms with E-state index in [2.05, 4.69) is 24.1 Å². The summed E-state index contributed by atoms with van der Waals surface area (Å²) in [5.74, 6) is -1.52. The van der Waals surface area contributed by atoms with Crippen LogP contribution in [-0.4, -0.2) is 59.1 Å². The molecular formula is C30H54N6O4. The van der Waals surface area contributed by atoms with Crippen LogP contribution in [0.3, 0.4) is 0 Å². The summed E-state index contributed by atoms with van der Waals surface area (Å²) in [6, 6.07) is -0.690. The number of carbonyl (C=O) groups is 2. The molecule has 0 heterocycles. The van der Waals surface area contributed by atoms with E-state index in [1.54, 1.807) is 31.1 Å². The van der Waals surface area contributed by atoms with Crippen molar-refractivity contribution in [2.75, 3.05) is 14.1 Å². The van der Waals surface area contributed by atoms with Crippen LogP contribution < -0.4 is 17.2 Å². The minimum Gasteiger partial charge on any atom is -0.480 e. The molecule has 0 aliphatic rings. The molecule has 0 saturated heterocycles. The minimum absolute atomic E-state index is 0.238. The first-order valence-corrected chi connectivity index (χ1v) is 13.7. The first-order chi connectivity index (χ1) is 18.8. The Morgan fingerprint density at radius 2 is 1.32 bits per heavy atom. The number of aliphatic carboxylic acids is 2. The molecule has 0 amide bonds. The van der Waals surface area contributed by atoms with Crippen LogP contribution in [0.25, 0.3) is 0 Å². The molecule has 9 N–H and O–H groups in total. The lowest BCUT2D eigenvalue weighted by Crippen LogP contribution is -2.32. The largest absolute Gasteiger partial charge is 0.480 e. The van der Waals surface area contributed by atoms with E-state index in [9.17, 15) is 9.59 Å². The van der Waals surface area contributed by atoms with E-state index in [-0.39, 0.29) is 11.9 Å². The quantitative estimate of drug-likeness (QED) is 0.0486. The monoisotopic (exact) mass is 562 g/mol. The van der Waals surface area contributed by atoms with Gasteiger partial charge in [-0.1, -0.05) is 114 Å². The van der Waals surface area contributed by atoms with Gasteiger partial charge < -0.3 is 32.3 Å². The molecule has 10 heteroatoms. The van der Waals surface area contributed by atoms with Crippen LogP contribution >= 0.6 is 0 Å². The summed E-state index contributed by atoms with van der Waals surface area (Å²) >= 11 is 0. The fourth-order valence-electron chi connectivity index (χ4n) is 2.75. The lowest BCUT2D eigenvalue weighted by atomic mass is 10.1. The van der Waals surface area contributed by atoms with Crippen LogP contribution in [0.1, 0.15) is 78.6 Å². The highest BCUT2D eigenvalue weighted by molar-refractivity contribution is 5.91. The van der Waals surface area contributed by atoms with Crippen LogP contribution in [0.5, 0.6) is 0 Å². The van der Waals surface area contributed by atoms with Gasteiger partial charge in [-0.25, -0.2) is 4.79 Å². The van der Waals surface area contributed by atoms with Gasteiger partial charge in [-0.3, -0.25) is 10.2 Å². The van der Waals surface area contributed by atoms with Gasteiger partial charge >= 0.3 is 11.9 Å². The Morgan fingerprint density at radius 1 is 0.850 bits per heavy atom. The van der Waals surface area contributed by atoms with E-state index in [4.69, 9.17) is 32.8 Å². The first kappa shape index (κ1) is 40.8. The normalized spacial score (nSPS) is 12.6. The number of unbranched alkanes of at least 4 members (excludes halogenated alkanes) is 7. The third kappa shape index (κ3) is 38.9. The van der Waals surface area contributed by atoms with Crippen LogP contribution in [-0.2, 0) is 9.59 Å². The molecule has 0 aliphatic carbocycles. The summed E-state index contributed by atoms with van der Waals surface area (Å²) < 4.78 is 0. The number of aliphatic imine (C=N–C) groups is 1. The van der Waals surface area contributed by atoms with Crippen molar-refractivity contribution in [2.24, 2.45) is 28.1 Å². The standard InChI is InChI=1S/C20H30O2.C6H13NO2.C4H11N5/c1-2-3-4-5-6-7-8-9-10-11-12-13-14-15-16-17-18-19-20(21)22;1-4(2)3-5(7)6(8)9;1-9(2)4(7)8-3(5)6/h10-19H,2-9H2,1H3,(H,21,22);4-5H,3,7H2,1-2H3,(H,8,9);1-2H3,(H5,5,6,7,8)/b11-10+,13-12+,15-14+,17-16+,19-18+;;/t;5-;/m.0./s1. The number of allylic oxidation sites excluding steroid dienone is 9. The maximum absolute atomic E-state index is 10.2. The van der Waals surface area contributed by atoms with Crippen molar-refractivity contribution in [2.45, 2.75) is 84.6 Å². The van der Waals surface area contributed by atoms with E-state index in [1.165, 1.54) is 51.0 Å². The number of nitrogens with two attached hydrogens (primary N) is 3. The topological polar surface area (TPSA) is 192 Å². The molecule has 0 rings (SSSR count). The van der Waals surface area contributed by atoms with Crippen molar-refractivity contribution in [1.82, 2.24) is 4.90 Å². The smallest absolute Gasteiger partial charge is 0.328 e. The maximum Gasteiger partial charge on any atom is 0.328 e. The second-order valence-electron chi connectivity index (χ2n) is 9.51. The molecule has 40 heavy (non-hydrogen) atoms.